The molecule has 0 bridgehead atoms. The summed E-state index contributed by atoms with van der Waals surface area (Å²) in [7, 11) is -3.57. The molecule has 1 N–H and O–H groups in total. The van der Waals surface area contributed by atoms with E-state index in [4.69, 9.17) is 0 Å². The Labute approximate surface area is 131 Å². The summed E-state index contributed by atoms with van der Waals surface area (Å²) in [6.07, 6.45) is 0.371. The minimum Gasteiger partial charge on any atom is -0.391 e. The molecule has 2 aromatic carbocycles. The van der Waals surface area contributed by atoms with E-state index in [0.717, 1.165) is 5.56 Å². The van der Waals surface area contributed by atoms with Crippen molar-refractivity contribution in [3.8, 4) is 0 Å². The summed E-state index contributed by atoms with van der Waals surface area (Å²) >= 11 is 0. The number of hydrogen-bond donors (Lipinski definition) is 1. The Bertz CT molecular complexity index is 716. The molecule has 5 heteroatoms. The Balaban J connectivity index is 1.89. The molecule has 1 heterocycles. The summed E-state index contributed by atoms with van der Waals surface area (Å²) in [5.74, 6) is 0. The van der Waals surface area contributed by atoms with Gasteiger partial charge in [-0.15, -0.1) is 0 Å². The standard InChI is InChI=1S/C17H19NO3S/c19-17-11-12-18(16(17)13-14-7-3-1-4-8-14)22(20,21)15-9-5-2-6-10-15/h1-10,16-17,19H,11-13H2/t16-,17-/m1/s1. The quantitative estimate of drug-likeness (QED) is 0.939. The van der Waals surface area contributed by atoms with Gasteiger partial charge >= 0.3 is 0 Å². The number of nitrogens with zero attached hydrogens (tertiary/aromatic N) is 1. The van der Waals surface area contributed by atoms with Crippen molar-refractivity contribution in [3.05, 3.63) is 66.2 Å². The molecule has 1 fully saturated rings. The van der Waals surface area contributed by atoms with Gasteiger partial charge in [0.1, 0.15) is 0 Å². The molecule has 1 aliphatic rings. The average molecular weight is 317 g/mol. The molecular formula is C17H19NO3S. The van der Waals surface area contributed by atoms with E-state index >= 15 is 0 Å². The molecule has 0 aromatic heterocycles. The molecule has 1 saturated heterocycles. The van der Waals surface area contributed by atoms with E-state index in [-0.39, 0.29) is 4.90 Å². The lowest BCUT2D eigenvalue weighted by Gasteiger charge is -2.25. The topological polar surface area (TPSA) is 57.6 Å². The molecule has 0 aliphatic carbocycles. The van der Waals surface area contributed by atoms with Crippen molar-refractivity contribution < 1.29 is 13.5 Å². The van der Waals surface area contributed by atoms with Crippen LogP contribution in [0.5, 0.6) is 0 Å². The first kappa shape index (κ1) is 15.2. The molecule has 116 valence electrons. The summed E-state index contributed by atoms with van der Waals surface area (Å²) in [5, 5.41) is 10.2. The van der Waals surface area contributed by atoms with E-state index in [2.05, 4.69) is 0 Å². The van der Waals surface area contributed by atoms with Gasteiger partial charge in [-0.3, -0.25) is 0 Å². The first-order chi connectivity index (χ1) is 10.6. The van der Waals surface area contributed by atoms with Gasteiger partial charge in [0.15, 0.2) is 0 Å². The largest absolute Gasteiger partial charge is 0.391 e. The Morgan fingerprint density at radius 1 is 1.00 bits per heavy atom. The van der Waals surface area contributed by atoms with Crippen LogP contribution in [0.2, 0.25) is 0 Å². The number of rotatable bonds is 4. The van der Waals surface area contributed by atoms with Crippen molar-refractivity contribution in [1.82, 2.24) is 4.31 Å². The highest BCUT2D eigenvalue weighted by Gasteiger charge is 2.40. The molecular weight excluding hydrogens is 298 g/mol. The van der Waals surface area contributed by atoms with Gasteiger partial charge in [-0.1, -0.05) is 48.5 Å². The predicted molar refractivity (Wildman–Crippen MR) is 84.9 cm³/mol. The zero-order valence-corrected chi connectivity index (χ0v) is 13.0. The fourth-order valence-electron chi connectivity index (χ4n) is 2.93. The van der Waals surface area contributed by atoms with Crippen LogP contribution in [0.1, 0.15) is 12.0 Å². The second kappa shape index (κ2) is 6.20. The number of sulfonamides is 1. The third-order valence-corrected chi connectivity index (χ3v) is 6.04. The van der Waals surface area contributed by atoms with Gasteiger partial charge in [-0.05, 0) is 30.5 Å². The van der Waals surface area contributed by atoms with Crippen molar-refractivity contribution in [3.63, 3.8) is 0 Å². The van der Waals surface area contributed by atoms with E-state index in [1.165, 1.54) is 4.31 Å². The maximum absolute atomic E-state index is 12.8. The van der Waals surface area contributed by atoms with E-state index in [0.29, 0.717) is 19.4 Å². The maximum Gasteiger partial charge on any atom is 0.243 e. The van der Waals surface area contributed by atoms with Gasteiger partial charge in [0.25, 0.3) is 0 Å². The van der Waals surface area contributed by atoms with Crippen LogP contribution >= 0.6 is 0 Å². The molecule has 2 atom stereocenters. The zero-order valence-electron chi connectivity index (χ0n) is 12.2. The smallest absolute Gasteiger partial charge is 0.243 e. The fraction of sp³-hybridized carbons (Fsp3) is 0.294. The minimum absolute atomic E-state index is 0.280. The van der Waals surface area contributed by atoms with E-state index < -0.39 is 22.2 Å². The van der Waals surface area contributed by atoms with E-state index in [1.54, 1.807) is 30.3 Å². The highest BCUT2D eigenvalue weighted by atomic mass is 32.2. The van der Waals surface area contributed by atoms with Crippen molar-refractivity contribution in [2.24, 2.45) is 0 Å². The second-order valence-electron chi connectivity index (χ2n) is 5.54. The molecule has 1 aliphatic heterocycles. The third-order valence-electron chi connectivity index (χ3n) is 4.10. The van der Waals surface area contributed by atoms with Crippen molar-refractivity contribution in [2.75, 3.05) is 6.54 Å². The summed E-state index contributed by atoms with van der Waals surface area (Å²) in [5.41, 5.74) is 1.03. The monoisotopic (exact) mass is 317 g/mol. The highest BCUT2D eigenvalue weighted by Crippen LogP contribution is 2.28. The Morgan fingerprint density at radius 2 is 1.59 bits per heavy atom. The van der Waals surface area contributed by atoms with Crippen LogP contribution in [0, 0.1) is 0 Å². The number of benzene rings is 2. The molecule has 22 heavy (non-hydrogen) atoms. The molecule has 0 saturated carbocycles. The SMILES string of the molecule is O=S(=O)(c1ccccc1)N1CC[C@@H](O)[C@H]1Cc1ccccc1. The highest BCUT2D eigenvalue weighted by molar-refractivity contribution is 7.89. The molecule has 2 aromatic rings. The Morgan fingerprint density at radius 3 is 2.23 bits per heavy atom. The lowest BCUT2D eigenvalue weighted by Crippen LogP contribution is -2.41. The summed E-state index contributed by atoms with van der Waals surface area (Å²) in [6.45, 7) is 0.357. The fourth-order valence-corrected chi connectivity index (χ4v) is 4.62. The predicted octanol–water partition coefficient (Wildman–Crippen LogP) is 2.05. The van der Waals surface area contributed by atoms with Crippen LogP contribution in [0.3, 0.4) is 0 Å². The average Bonchev–Trinajstić information content (AvgIpc) is 2.91. The molecule has 0 unspecified atom stereocenters. The number of hydrogen-bond acceptors (Lipinski definition) is 3. The lowest BCUT2D eigenvalue weighted by atomic mass is 10.0. The first-order valence-corrected chi connectivity index (χ1v) is 8.82. The van der Waals surface area contributed by atoms with Gasteiger partial charge in [0.2, 0.25) is 10.0 Å². The first-order valence-electron chi connectivity index (χ1n) is 7.38. The third kappa shape index (κ3) is 2.92. The van der Waals surface area contributed by atoms with Crippen LogP contribution in [0.15, 0.2) is 65.6 Å². The van der Waals surface area contributed by atoms with Gasteiger partial charge in [0.05, 0.1) is 17.0 Å². The molecule has 0 spiro atoms. The Kier molecular flexibility index (Phi) is 4.29. The van der Waals surface area contributed by atoms with Crippen LogP contribution in [-0.4, -0.2) is 36.5 Å². The van der Waals surface area contributed by atoms with Crippen LogP contribution < -0.4 is 0 Å². The van der Waals surface area contributed by atoms with Gasteiger partial charge in [-0.2, -0.15) is 4.31 Å². The summed E-state index contributed by atoms with van der Waals surface area (Å²) in [6, 6.07) is 17.7. The number of aliphatic hydroxyl groups is 1. The van der Waals surface area contributed by atoms with Crippen LogP contribution in [-0.2, 0) is 16.4 Å². The van der Waals surface area contributed by atoms with Crippen LogP contribution in [0.4, 0.5) is 0 Å². The zero-order chi connectivity index (χ0) is 15.6. The van der Waals surface area contributed by atoms with E-state index in [9.17, 15) is 13.5 Å². The molecule has 4 nitrogen and oxygen atoms in total. The molecule has 0 amide bonds. The molecule has 0 radical (unpaired) electrons. The Hall–Kier alpha value is -1.69. The lowest BCUT2D eigenvalue weighted by molar-refractivity contribution is 0.142. The number of aliphatic hydroxyl groups excluding tert-OH is 1. The van der Waals surface area contributed by atoms with E-state index in [1.807, 2.05) is 30.3 Å². The van der Waals surface area contributed by atoms with Gasteiger partial charge < -0.3 is 5.11 Å². The van der Waals surface area contributed by atoms with Crippen molar-refractivity contribution in [1.29, 1.82) is 0 Å². The molecule has 3 rings (SSSR count). The van der Waals surface area contributed by atoms with Crippen molar-refractivity contribution >= 4 is 10.0 Å². The minimum atomic E-state index is -3.57. The van der Waals surface area contributed by atoms with Crippen LogP contribution in [0.25, 0.3) is 0 Å². The maximum atomic E-state index is 12.8. The van der Waals surface area contributed by atoms with Gasteiger partial charge in [0, 0.05) is 6.54 Å². The summed E-state index contributed by atoms with van der Waals surface area (Å²) < 4.78 is 27.0. The normalized spacial score (nSPS) is 22.8. The summed E-state index contributed by atoms with van der Waals surface area (Å²) in [4.78, 5) is 0.280. The van der Waals surface area contributed by atoms with Crippen molar-refractivity contribution in [2.45, 2.75) is 29.9 Å². The second-order valence-corrected chi connectivity index (χ2v) is 7.43. The van der Waals surface area contributed by atoms with Gasteiger partial charge in [-0.25, -0.2) is 8.42 Å².